The first kappa shape index (κ1) is 25.4. The highest BCUT2D eigenvalue weighted by atomic mass is 15.1. The molecule has 0 aliphatic rings. The molecule has 0 saturated carbocycles. The average Bonchev–Trinajstić information content (AvgIpc) is 3.79. The third kappa shape index (κ3) is 3.18. The summed E-state index contributed by atoms with van der Waals surface area (Å²) < 4.78 is 4.81. The lowest BCUT2D eigenvalue weighted by Crippen LogP contribution is -2.04. The summed E-state index contributed by atoms with van der Waals surface area (Å²) in [5.41, 5.74) is 9.75. The highest BCUT2D eigenvalue weighted by Gasteiger charge is 2.27. The Hall–Kier alpha value is -6.77. The van der Waals surface area contributed by atoms with Crippen molar-refractivity contribution in [3.05, 3.63) is 145 Å². The number of nitrogens with zero attached hydrogens (tertiary/aromatic N) is 5. The summed E-state index contributed by atoms with van der Waals surface area (Å²) in [4.78, 5) is 10.7. The van der Waals surface area contributed by atoms with Crippen LogP contribution in [0.1, 0.15) is 5.56 Å². The Labute approximate surface area is 273 Å². The molecule has 11 aromatic rings. The Morgan fingerprint density at radius 1 is 0.500 bits per heavy atom. The lowest BCUT2D eigenvalue weighted by molar-refractivity contribution is 1.09. The van der Waals surface area contributed by atoms with Crippen LogP contribution in [0.2, 0.25) is 0 Å². The van der Waals surface area contributed by atoms with E-state index in [1.54, 1.807) is 0 Å². The van der Waals surface area contributed by atoms with E-state index in [1.165, 1.54) is 54.3 Å². The van der Waals surface area contributed by atoms with Gasteiger partial charge in [0.1, 0.15) is 5.69 Å². The number of hydrogen-bond acceptors (Lipinski definition) is 3. The molecule has 4 aromatic heterocycles. The van der Waals surface area contributed by atoms with Crippen molar-refractivity contribution in [2.24, 2.45) is 0 Å². The van der Waals surface area contributed by atoms with Gasteiger partial charge in [-0.2, -0.15) is 5.26 Å². The van der Waals surface area contributed by atoms with E-state index >= 15 is 0 Å². The van der Waals surface area contributed by atoms with Crippen molar-refractivity contribution in [1.29, 1.82) is 5.26 Å². The summed E-state index contributed by atoms with van der Waals surface area (Å²) in [5.74, 6) is 0.761. The molecule has 0 N–H and O–H groups in total. The average molecular weight is 610 g/mol. The van der Waals surface area contributed by atoms with Crippen LogP contribution >= 0.6 is 0 Å². The zero-order chi connectivity index (χ0) is 31.5. The van der Waals surface area contributed by atoms with E-state index in [4.69, 9.17) is 9.97 Å². The molecule has 48 heavy (non-hydrogen) atoms. The summed E-state index contributed by atoms with van der Waals surface area (Å²) in [6.45, 7) is 0. The minimum Gasteiger partial charge on any atom is -0.308 e. The molecule has 0 spiro atoms. The number of fused-ring (bicyclic) bond motifs is 13. The van der Waals surface area contributed by atoms with Crippen LogP contribution in [0, 0.1) is 11.3 Å². The van der Waals surface area contributed by atoms with Crippen molar-refractivity contribution >= 4 is 81.7 Å². The molecule has 0 amide bonds. The fraction of sp³-hybridized carbons (Fsp3) is 0. The molecule has 0 unspecified atom stereocenters. The number of aromatic nitrogens is 4. The summed E-state index contributed by atoms with van der Waals surface area (Å²) in [5, 5.41) is 19.1. The van der Waals surface area contributed by atoms with Crippen LogP contribution < -0.4 is 0 Å². The lowest BCUT2D eigenvalue weighted by atomic mass is 10.0. The Bertz CT molecular complexity index is 3170. The van der Waals surface area contributed by atoms with Crippen molar-refractivity contribution < 1.29 is 0 Å². The Balaban J connectivity index is 1.44. The highest BCUT2D eigenvalue weighted by Crippen LogP contribution is 2.48. The minimum absolute atomic E-state index is 0.608. The lowest BCUT2D eigenvalue weighted by Gasteiger charge is -2.15. The first-order valence-corrected chi connectivity index (χ1v) is 16.1. The van der Waals surface area contributed by atoms with Gasteiger partial charge < -0.3 is 4.40 Å². The largest absolute Gasteiger partial charge is 0.308 e. The van der Waals surface area contributed by atoms with Crippen molar-refractivity contribution in [3.63, 3.8) is 0 Å². The predicted molar refractivity (Wildman–Crippen MR) is 196 cm³/mol. The fourth-order valence-corrected chi connectivity index (χ4v) is 8.02. The number of nitriles is 1. The second-order valence-corrected chi connectivity index (χ2v) is 12.5. The van der Waals surface area contributed by atoms with Gasteiger partial charge in [-0.3, -0.25) is 4.57 Å². The maximum Gasteiger partial charge on any atom is 0.165 e. The molecule has 0 aliphatic heterocycles. The molecule has 0 saturated heterocycles. The van der Waals surface area contributed by atoms with E-state index in [0.717, 1.165) is 44.5 Å². The van der Waals surface area contributed by atoms with Gasteiger partial charge in [0.05, 0.1) is 50.2 Å². The summed E-state index contributed by atoms with van der Waals surface area (Å²) in [6.07, 6.45) is 0. The normalized spacial score (nSPS) is 12.1. The highest BCUT2D eigenvalue weighted by molar-refractivity contribution is 6.35. The van der Waals surface area contributed by atoms with Gasteiger partial charge >= 0.3 is 0 Å². The van der Waals surface area contributed by atoms with E-state index in [2.05, 4.69) is 106 Å². The fourth-order valence-electron chi connectivity index (χ4n) is 8.02. The van der Waals surface area contributed by atoms with Gasteiger partial charge in [-0.05, 0) is 47.9 Å². The molecule has 220 valence electrons. The van der Waals surface area contributed by atoms with Gasteiger partial charge in [-0.15, -0.1) is 0 Å². The third-order valence-corrected chi connectivity index (χ3v) is 10.0. The SMILES string of the molecule is N#Cc1ccc(-c2nc3ccccc3nc2-n2c3c4ccccc4ccc3c3cc4c5ccccc5n5c6ccccc6c(c32)c45)cc1. The third-order valence-electron chi connectivity index (χ3n) is 10.0. The van der Waals surface area contributed by atoms with E-state index in [9.17, 15) is 5.26 Å². The Kier molecular flexibility index (Phi) is 4.85. The smallest absolute Gasteiger partial charge is 0.165 e. The molecule has 0 fully saturated rings. The van der Waals surface area contributed by atoms with E-state index in [-0.39, 0.29) is 0 Å². The summed E-state index contributed by atoms with van der Waals surface area (Å²) in [7, 11) is 0. The van der Waals surface area contributed by atoms with Gasteiger partial charge in [0.2, 0.25) is 0 Å². The van der Waals surface area contributed by atoms with Crippen LogP contribution in [-0.2, 0) is 0 Å². The molecule has 0 radical (unpaired) electrons. The van der Waals surface area contributed by atoms with Crippen molar-refractivity contribution in [2.75, 3.05) is 0 Å². The van der Waals surface area contributed by atoms with Crippen LogP contribution in [0.4, 0.5) is 0 Å². The number of hydrogen-bond donors (Lipinski definition) is 0. The second-order valence-electron chi connectivity index (χ2n) is 12.5. The van der Waals surface area contributed by atoms with E-state index in [1.807, 2.05) is 48.5 Å². The summed E-state index contributed by atoms with van der Waals surface area (Å²) >= 11 is 0. The van der Waals surface area contributed by atoms with Crippen LogP contribution in [-0.4, -0.2) is 18.9 Å². The Morgan fingerprint density at radius 3 is 1.94 bits per heavy atom. The maximum atomic E-state index is 9.58. The van der Waals surface area contributed by atoms with E-state index < -0.39 is 0 Å². The van der Waals surface area contributed by atoms with Crippen LogP contribution in [0.5, 0.6) is 0 Å². The monoisotopic (exact) mass is 609 g/mol. The zero-order valence-corrected chi connectivity index (χ0v) is 25.5. The standard InChI is InChI=1S/C43H23N5/c44-24-25-17-19-27(20-18-25)39-43(46-35-14-6-5-13-34(35)45-39)48-40-28-10-2-1-9-26(28)21-22-30(40)33-23-32-29-11-3-7-15-36(29)47-37-16-8-4-12-31(37)38(41(32)47)42(33)48/h1-23H. The molecule has 5 nitrogen and oxygen atoms in total. The van der Waals surface area contributed by atoms with Crippen LogP contribution in [0.3, 0.4) is 0 Å². The second kappa shape index (κ2) is 9.16. The maximum absolute atomic E-state index is 9.58. The van der Waals surface area contributed by atoms with Crippen molar-refractivity contribution in [1.82, 2.24) is 18.9 Å². The molecular weight excluding hydrogens is 587 g/mol. The number of rotatable bonds is 2. The van der Waals surface area contributed by atoms with Crippen molar-refractivity contribution in [3.8, 4) is 23.1 Å². The molecule has 11 rings (SSSR count). The van der Waals surface area contributed by atoms with Crippen LogP contribution in [0.25, 0.3) is 98.8 Å². The summed E-state index contributed by atoms with van der Waals surface area (Å²) in [6, 6.07) is 51.0. The minimum atomic E-state index is 0.608. The molecule has 0 aliphatic carbocycles. The van der Waals surface area contributed by atoms with Crippen molar-refractivity contribution in [2.45, 2.75) is 0 Å². The van der Waals surface area contributed by atoms with Gasteiger partial charge in [0.15, 0.2) is 5.82 Å². The van der Waals surface area contributed by atoms with Gasteiger partial charge in [0, 0.05) is 43.3 Å². The quantitative estimate of drug-likeness (QED) is 0.196. The molecule has 4 heterocycles. The van der Waals surface area contributed by atoms with Crippen LogP contribution in [0.15, 0.2) is 140 Å². The predicted octanol–water partition coefficient (Wildman–Crippen LogP) is 10.6. The van der Waals surface area contributed by atoms with Gasteiger partial charge in [0.25, 0.3) is 0 Å². The molecule has 7 aromatic carbocycles. The first-order valence-electron chi connectivity index (χ1n) is 16.1. The molecular formula is C43H23N5. The number of para-hydroxylation sites is 4. The zero-order valence-electron chi connectivity index (χ0n) is 25.5. The number of benzene rings is 7. The topological polar surface area (TPSA) is 58.9 Å². The molecule has 0 bridgehead atoms. The molecule has 5 heteroatoms. The van der Waals surface area contributed by atoms with Gasteiger partial charge in [-0.25, -0.2) is 9.97 Å². The molecule has 0 atom stereocenters. The van der Waals surface area contributed by atoms with E-state index in [0.29, 0.717) is 5.56 Å². The Morgan fingerprint density at radius 2 is 1.15 bits per heavy atom. The van der Waals surface area contributed by atoms with Gasteiger partial charge in [-0.1, -0.05) is 97.1 Å². The first-order chi connectivity index (χ1) is 23.8.